The second-order valence-electron chi connectivity index (χ2n) is 5.91. The minimum atomic E-state index is -0.895. The van der Waals surface area contributed by atoms with E-state index in [-0.39, 0.29) is 0 Å². The van der Waals surface area contributed by atoms with E-state index >= 15 is 0 Å². The van der Waals surface area contributed by atoms with Crippen LogP contribution in [-0.2, 0) is 23.1 Å². The maximum Gasteiger partial charge on any atom is 0.191 e. The molecule has 0 fully saturated rings. The summed E-state index contributed by atoms with van der Waals surface area (Å²) in [4.78, 5) is 11.1. The fourth-order valence-corrected chi connectivity index (χ4v) is 3.98. The van der Waals surface area contributed by atoms with Crippen LogP contribution in [0, 0.1) is 0 Å². The van der Waals surface area contributed by atoms with Crippen LogP contribution in [0.15, 0.2) is 40.7 Å². The van der Waals surface area contributed by atoms with Crippen LogP contribution in [0.1, 0.15) is 18.2 Å². The molecule has 0 amide bonds. The number of hydrogen-bond donors (Lipinski definition) is 2. The highest BCUT2D eigenvalue weighted by atomic mass is 32.2. The molecule has 1 atom stereocenters. The van der Waals surface area contributed by atoms with Gasteiger partial charge in [0.05, 0.1) is 12.2 Å². The molecule has 26 heavy (non-hydrogen) atoms. The molecule has 8 heteroatoms. The Labute approximate surface area is 162 Å². The number of benzene rings is 1. The zero-order chi connectivity index (χ0) is 18.8. The van der Waals surface area contributed by atoms with Crippen LogP contribution in [-0.4, -0.2) is 48.1 Å². The Balaban J connectivity index is 1.80. The van der Waals surface area contributed by atoms with Crippen LogP contribution in [0.2, 0.25) is 0 Å². The van der Waals surface area contributed by atoms with E-state index in [9.17, 15) is 4.21 Å². The summed E-state index contributed by atoms with van der Waals surface area (Å²) in [6.45, 7) is 3.94. The van der Waals surface area contributed by atoms with Gasteiger partial charge in [0.1, 0.15) is 0 Å². The maximum absolute atomic E-state index is 12.2. The third-order valence-corrected chi connectivity index (χ3v) is 5.83. The van der Waals surface area contributed by atoms with Crippen molar-refractivity contribution in [1.82, 2.24) is 15.6 Å². The molecule has 0 bridgehead atoms. The van der Waals surface area contributed by atoms with Crippen LogP contribution in [0.4, 0.5) is 5.13 Å². The number of aliphatic imine (C=N–C) groups is 1. The summed E-state index contributed by atoms with van der Waals surface area (Å²) in [5, 5.41) is 9.46. The predicted molar refractivity (Wildman–Crippen MR) is 112 cm³/mol. The number of nitrogens with zero attached hydrogens (tertiary/aromatic N) is 3. The molecular formula is C18H27N5OS2. The van der Waals surface area contributed by atoms with Gasteiger partial charge in [-0.1, -0.05) is 30.3 Å². The lowest BCUT2D eigenvalue weighted by molar-refractivity contribution is 0.680. The summed E-state index contributed by atoms with van der Waals surface area (Å²) in [6.07, 6.45) is 0. The molecule has 1 aromatic heterocycles. The zero-order valence-corrected chi connectivity index (χ0v) is 17.2. The minimum Gasteiger partial charge on any atom is -0.357 e. The van der Waals surface area contributed by atoms with E-state index in [1.807, 2.05) is 61.6 Å². The molecule has 1 unspecified atom stereocenters. The summed E-state index contributed by atoms with van der Waals surface area (Å²) in [5.74, 6) is 1.90. The van der Waals surface area contributed by atoms with Gasteiger partial charge in [-0.05, 0) is 12.5 Å². The summed E-state index contributed by atoms with van der Waals surface area (Å²) in [7, 11) is 3.06. The average molecular weight is 394 g/mol. The van der Waals surface area contributed by atoms with Crippen LogP contribution in [0.3, 0.4) is 0 Å². The molecule has 142 valence electrons. The van der Waals surface area contributed by atoms with E-state index in [4.69, 9.17) is 0 Å². The van der Waals surface area contributed by atoms with Crippen molar-refractivity contribution in [1.29, 1.82) is 0 Å². The molecule has 2 aromatic rings. The summed E-state index contributed by atoms with van der Waals surface area (Å²) >= 11 is 1.61. The lowest BCUT2D eigenvalue weighted by Crippen LogP contribution is -2.39. The van der Waals surface area contributed by atoms with Crippen molar-refractivity contribution in [3.05, 3.63) is 47.0 Å². The first kappa shape index (κ1) is 20.4. The first-order valence-electron chi connectivity index (χ1n) is 8.61. The van der Waals surface area contributed by atoms with Crippen molar-refractivity contribution in [3.8, 4) is 0 Å². The zero-order valence-electron chi connectivity index (χ0n) is 15.6. The van der Waals surface area contributed by atoms with Crippen molar-refractivity contribution in [3.63, 3.8) is 0 Å². The number of nitrogens with one attached hydrogen (secondary N) is 2. The van der Waals surface area contributed by atoms with Gasteiger partial charge in [0.2, 0.25) is 0 Å². The van der Waals surface area contributed by atoms with Crippen molar-refractivity contribution in [2.24, 2.45) is 4.99 Å². The first-order valence-corrected chi connectivity index (χ1v) is 11.0. The molecule has 0 spiro atoms. The molecule has 2 rings (SSSR count). The summed E-state index contributed by atoms with van der Waals surface area (Å²) in [6, 6.07) is 9.93. The Kier molecular flexibility index (Phi) is 8.57. The second-order valence-corrected chi connectivity index (χ2v) is 8.32. The van der Waals surface area contributed by atoms with Crippen LogP contribution >= 0.6 is 11.3 Å². The molecule has 1 heterocycles. The number of rotatable bonds is 9. The van der Waals surface area contributed by atoms with Gasteiger partial charge < -0.3 is 15.5 Å². The fraction of sp³-hybridized carbons (Fsp3) is 0.444. The molecule has 6 nitrogen and oxygen atoms in total. The number of hydrogen-bond acceptors (Lipinski definition) is 5. The number of anilines is 1. The normalized spacial score (nSPS) is 12.7. The molecule has 0 aliphatic heterocycles. The predicted octanol–water partition coefficient (Wildman–Crippen LogP) is 2.21. The summed E-state index contributed by atoms with van der Waals surface area (Å²) in [5.41, 5.74) is 2.05. The fourth-order valence-electron chi connectivity index (χ4n) is 2.19. The lowest BCUT2D eigenvalue weighted by Gasteiger charge is -2.11. The molecule has 1 aromatic carbocycles. The van der Waals surface area contributed by atoms with E-state index < -0.39 is 10.8 Å². The van der Waals surface area contributed by atoms with Gasteiger partial charge in [-0.3, -0.25) is 4.21 Å². The van der Waals surface area contributed by atoms with Crippen molar-refractivity contribution in [2.75, 3.05) is 37.8 Å². The quantitative estimate of drug-likeness (QED) is 0.505. The van der Waals surface area contributed by atoms with Gasteiger partial charge in [-0.15, -0.1) is 11.3 Å². The Bertz CT molecular complexity index is 715. The highest BCUT2D eigenvalue weighted by molar-refractivity contribution is 7.84. The minimum absolute atomic E-state index is 0.521. The van der Waals surface area contributed by atoms with Gasteiger partial charge in [0.25, 0.3) is 0 Å². The SMILES string of the molecule is CCNC(=NCc1csc(N(C)C)n1)NCCS(=O)Cc1ccccc1. The van der Waals surface area contributed by atoms with Gasteiger partial charge in [0, 0.05) is 54.9 Å². The first-order chi connectivity index (χ1) is 12.6. The Hall–Kier alpha value is -1.93. The van der Waals surface area contributed by atoms with Crippen molar-refractivity contribution >= 4 is 33.2 Å². The van der Waals surface area contributed by atoms with E-state index in [2.05, 4.69) is 20.6 Å². The van der Waals surface area contributed by atoms with E-state index in [0.717, 1.165) is 28.9 Å². The largest absolute Gasteiger partial charge is 0.357 e. The van der Waals surface area contributed by atoms with Crippen molar-refractivity contribution in [2.45, 2.75) is 19.2 Å². The standard InChI is InChI=1S/C18H27N5OS2/c1-4-19-17(21-12-16-13-25-18(22-16)23(2)3)20-10-11-26(24)14-15-8-6-5-7-9-15/h5-9,13H,4,10-12,14H2,1-3H3,(H2,19,20,21). The van der Waals surface area contributed by atoms with Gasteiger partial charge >= 0.3 is 0 Å². The maximum atomic E-state index is 12.2. The molecule has 0 aliphatic rings. The lowest BCUT2D eigenvalue weighted by atomic mass is 10.2. The highest BCUT2D eigenvalue weighted by Crippen LogP contribution is 2.18. The molecular weight excluding hydrogens is 366 g/mol. The van der Waals surface area contributed by atoms with Crippen molar-refractivity contribution < 1.29 is 4.21 Å². The van der Waals surface area contributed by atoms with Gasteiger partial charge in [-0.2, -0.15) is 0 Å². The van der Waals surface area contributed by atoms with Crippen LogP contribution in [0.25, 0.3) is 0 Å². The van der Waals surface area contributed by atoms with Gasteiger partial charge in [-0.25, -0.2) is 9.98 Å². The number of guanidine groups is 1. The molecule has 0 saturated heterocycles. The second kappa shape index (κ2) is 10.9. The Morgan fingerprint density at radius 3 is 2.69 bits per heavy atom. The number of thiazole rings is 1. The highest BCUT2D eigenvalue weighted by Gasteiger charge is 2.05. The molecule has 0 aliphatic carbocycles. The molecule has 0 radical (unpaired) electrons. The Morgan fingerprint density at radius 2 is 2.04 bits per heavy atom. The van der Waals surface area contributed by atoms with E-state index in [1.54, 1.807) is 11.3 Å². The third-order valence-electron chi connectivity index (χ3n) is 3.46. The van der Waals surface area contributed by atoms with Gasteiger partial charge in [0.15, 0.2) is 11.1 Å². The summed E-state index contributed by atoms with van der Waals surface area (Å²) < 4.78 is 12.2. The average Bonchev–Trinajstić information content (AvgIpc) is 3.10. The molecule has 0 saturated carbocycles. The topological polar surface area (TPSA) is 69.6 Å². The van der Waals surface area contributed by atoms with Crippen LogP contribution < -0.4 is 15.5 Å². The third kappa shape index (κ3) is 7.13. The van der Waals surface area contributed by atoms with E-state index in [0.29, 0.717) is 24.6 Å². The number of aromatic nitrogens is 1. The monoisotopic (exact) mass is 393 g/mol. The molecule has 2 N–H and O–H groups in total. The Morgan fingerprint density at radius 1 is 1.27 bits per heavy atom. The van der Waals surface area contributed by atoms with E-state index in [1.165, 1.54) is 0 Å². The smallest absolute Gasteiger partial charge is 0.191 e. The van der Waals surface area contributed by atoms with Crippen LogP contribution in [0.5, 0.6) is 0 Å².